The molecule has 1 aromatic carbocycles. The maximum atomic E-state index is 10.7. The van der Waals surface area contributed by atoms with Crippen LogP contribution in [0.25, 0.3) is 0 Å². The van der Waals surface area contributed by atoms with Crippen LogP contribution in [0.5, 0.6) is 5.75 Å². The second-order valence-corrected chi connectivity index (χ2v) is 4.74. The van der Waals surface area contributed by atoms with Gasteiger partial charge in [0.15, 0.2) is 0 Å². The second-order valence-electron chi connectivity index (χ2n) is 4.74. The number of nitrogens with two attached hydrogens (primary N) is 1. The smallest absolute Gasteiger partial charge is 0.125 e. The summed E-state index contributed by atoms with van der Waals surface area (Å²) in [4.78, 5) is 0. The zero-order valence-electron chi connectivity index (χ0n) is 10.8. The first-order chi connectivity index (χ1) is 8.72. The van der Waals surface area contributed by atoms with E-state index in [-0.39, 0.29) is 12.5 Å². The van der Waals surface area contributed by atoms with Crippen molar-refractivity contribution < 1.29 is 14.6 Å². The Morgan fingerprint density at radius 1 is 1.33 bits per heavy atom. The molecule has 0 bridgehead atoms. The van der Waals surface area contributed by atoms with Crippen LogP contribution in [0.3, 0.4) is 0 Å². The molecular formula is C14H21NO3. The number of benzene rings is 1. The lowest BCUT2D eigenvalue weighted by Crippen LogP contribution is -2.37. The topological polar surface area (TPSA) is 64.7 Å². The van der Waals surface area contributed by atoms with Crippen molar-refractivity contribution in [1.82, 2.24) is 0 Å². The zero-order valence-corrected chi connectivity index (χ0v) is 10.8. The minimum Gasteiger partial charge on any atom is -0.491 e. The Hall–Kier alpha value is -1.10. The average Bonchev–Trinajstić information content (AvgIpc) is 3.23. The summed E-state index contributed by atoms with van der Waals surface area (Å²) in [6, 6.07) is 7.57. The molecule has 0 spiro atoms. The van der Waals surface area contributed by atoms with Gasteiger partial charge in [0.1, 0.15) is 18.0 Å². The van der Waals surface area contributed by atoms with Crippen LogP contribution in [0, 0.1) is 5.92 Å². The fraction of sp³-hybridized carbons (Fsp3) is 0.571. The van der Waals surface area contributed by atoms with Gasteiger partial charge in [0.05, 0.1) is 6.61 Å². The van der Waals surface area contributed by atoms with Gasteiger partial charge in [-0.3, -0.25) is 0 Å². The largest absolute Gasteiger partial charge is 0.491 e. The SMILES string of the molecule is COCCOc1ccccc1C(O)(CN)C1CC1. The Morgan fingerprint density at radius 2 is 2.06 bits per heavy atom. The third kappa shape index (κ3) is 2.66. The highest BCUT2D eigenvalue weighted by Crippen LogP contribution is 2.47. The van der Waals surface area contributed by atoms with Gasteiger partial charge in [-0.05, 0) is 24.8 Å². The summed E-state index contributed by atoms with van der Waals surface area (Å²) >= 11 is 0. The Balaban J connectivity index is 2.20. The lowest BCUT2D eigenvalue weighted by Gasteiger charge is -2.29. The number of rotatable bonds is 7. The molecule has 1 aromatic rings. The third-order valence-electron chi connectivity index (χ3n) is 3.46. The van der Waals surface area contributed by atoms with E-state index >= 15 is 0 Å². The number of ether oxygens (including phenoxy) is 2. The van der Waals surface area contributed by atoms with Gasteiger partial charge in [-0.2, -0.15) is 0 Å². The molecule has 0 amide bonds. The van der Waals surface area contributed by atoms with Gasteiger partial charge in [-0.15, -0.1) is 0 Å². The van der Waals surface area contributed by atoms with Gasteiger partial charge >= 0.3 is 0 Å². The van der Waals surface area contributed by atoms with E-state index in [9.17, 15) is 5.11 Å². The second kappa shape index (κ2) is 5.69. The molecule has 0 heterocycles. The minimum absolute atomic E-state index is 0.225. The molecule has 1 aliphatic carbocycles. The van der Waals surface area contributed by atoms with Crippen molar-refractivity contribution in [2.75, 3.05) is 26.9 Å². The molecule has 1 unspecified atom stereocenters. The van der Waals surface area contributed by atoms with Crippen LogP contribution in [-0.4, -0.2) is 32.0 Å². The summed E-state index contributed by atoms with van der Waals surface area (Å²) in [5.41, 5.74) is 5.62. The molecule has 0 saturated heterocycles. The molecule has 1 aliphatic rings. The normalized spacial score (nSPS) is 18.4. The van der Waals surface area contributed by atoms with E-state index < -0.39 is 5.60 Å². The Labute approximate surface area is 108 Å². The molecule has 1 saturated carbocycles. The summed E-state index contributed by atoms with van der Waals surface area (Å²) in [5, 5.41) is 10.7. The monoisotopic (exact) mass is 251 g/mol. The fourth-order valence-corrected chi connectivity index (χ4v) is 2.24. The minimum atomic E-state index is -0.955. The van der Waals surface area contributed by atoms with E-state index in [0.717, 1.165) is 18.4 Å². The van der Waals surface area contributed by atoms with Crippen molar-refractivity contribution in [3.63, 3.8) is 0 Å². The van der Waals surface area contributed by atoms with Crippen molar-refractivity contribution in [2.24, 2.45) is 11.7 Å². The highest BCUT2D eigenvalue weighted by atomic mass is 16.5. The molecule has 4 nitrogen and oxygen atoms in total. The van der Waals surface area contributed by atoms with E-state index in [1.54, 1.807) is 7.11 Å². The summed E-state index contributed by atoms with van der Waals surface area (Å²) in [5.74, 6) is 0.962. The first-order valence-corrected chi connectivity index (χ1v) is 6.36. The summed E-state index contributed by atoms with van der Waals surface area (Å²) in [6.45, 7) is 1.22. The summed E-state index contributed by atoms with van der Waals surface area (Å²) in [6.07, 6.45) is 2.06. The third-order valence-corrected chi connectivity index (χ3v) is 3.46. The zero-order chi connectivity index (χ0) is 13.0. The van der Waals surface area contributed by atoms with Gasteiger partial charge in [-0.25, -0.2) is 0 Å². The Morgan fingerprint density at radius 3 is 2.67 bits per heavy atom. The quantitative estimate of drug-likeness (QED) is 0.716. The maximum absolute atomic E-state index is 10.7. The van der Waals surface area contributed by atoms with Crippen molar-refractivity contribution in [3.8, 4) is 5.75 Å². The van der Waals surface area contributed by atoms with Gasteiger partial charge in [0, 0.05) is 19.2 Å². The number of methoxy groups -OCH3 is 1. The predicted octanol–water partition coefficient (Wildman–Crippen LogP) is 1.27. The molecule has 18 heavy (non-hydrogen) atoms. The fourth-order valence-electron chi connectivity index (χ4n) is 2.24. The highest BCUT2D eigenvalue weighted by molar-refractivity contribution is 5.39. The lowest BCUT2D eigenvalue weighted by molar-refractivity contribution is 0.0187. The van der Waals surface area contributed by atoms with E-state index in [0.29, 0.717) is 19.0 Å². The first-order valence-electron chi connectivity index (χ1n) is 6.36. The molecule has 100 valence electrons. The summed E-state index contributed by atoms with van der Waals surface area (Å²) < 4.78 is 10.6. The van der Waals surface area contributed by atoms with Crippen LogP contribution in [0.15, 0.2) is 24.3 Å². The van der Waals surface area contributed by atoms with Crippen molar-refractivity contribution >= 4 is 0 Å². The number of aliphatic hydroxyl groups is 1. The van der Waals surface area contributed by atoms with Gasteiger partial charge in [0.25, 0.3) is 0 Å². The predicted molar refractivity (Wildman–Crippen MR) is 69.5 cm³/mol. The molecule has 3 N–H and O–H groups in total. The van der Waals surface area contributed by atoms with Crippen molar-refractivity contribution in [1.29, 1.82) is 0 Å². The van der Waals surface area contributed by atoms with Crippen LogP contribution in [-0.2, 0) is 10.3 Å². The van der Waals surface area contributed by atoms with E-state index in [1.165, 1.54) is 0 Å². The number of para-hydroxylation sites is 1. The molecule has 0 aromatic heterocycles. The van der Waals surface area contributed by atoms with Crippen LogP contribution in [0.1, 0.15) is 18.4 Å². The van der Waals surface area contributed by atoms with Gasteiger partial charge < -0.3 is 20.3 Å². The highest BCUT2D eigenvalue weighted by Gasteiger charge is 2.45. The molecule has 4 heteroatoms. The molecule has 0 radical (unpaired) electrons. The maximum Gasteiger partial charge on any atom is 0.125 e. The summed E-state index contributed by atoms with van der Waals surface area (Å²) in [7, 11) is 1.63. The van der Waals surface area contributed by atoms with E-state index in [1.807, 2.05) is 24.3 Å². The van der Waals surface area contributed by atoms with Crippen molar-refractivity contribution in [3.05, 3.63) is 29.8 Å². The van der Waals surface area contributed by atoms with E-state index in [2.05, 4.69) is 0 Å². The van der Waals surface area contributed by atoms with Gasteiger partial charge in [-0.1, -0.05) is 18.2 Å². The molecule has 2 rings (SSSR count). The Bertz CT molecular complexity index is 392. The van der Waals surface area contributed by atoms with Crippen molar-refractivity contribution in [2.45, 2.75) is 18.4 Å². The standard InChI is InChI=1S/C14H21NO3/c1-17-8-9-18-13-5-3-2-4-12(13)14(16,10-15)11-6-7-11/h2-5,11,16H,6-10,15H2,1H3. The van der Waals surface area contributed by atoms with Crippen LogP contribution in [0.4, 0.5) is 0 Å². The molecule has 0 aliphatic heterocycles. The molecule has 1 fully saturated rings. The van der Waals surface area contributed by atoms with Gasteiger partial charge in [0.2, 0.25) is 0 Å². The van der Waals surface area contributed by atoms with Crippen LogP contribution >= 0.6 is 0 Å². The van der Waals surface area contributed by atoms with Crippen LogP contribution in [0.2, 0.25) is 0 Å². The Kier molecular flexibility index (Phi) is 4.22. The lowest BCUT2D eigenvalue weighted by atomic mass is 9.88. The molecule has 1 atom stereocenters. The first kappa shape index (κ1) is 13.3. The number of hydrogen-bond donors (Lipinski definition) is 2. The van der Waals surface area contributed by atoms with Crippen LogP contribution < -0.4 is 10.5 Å². The van der Waals surface area contributed by atoms with E-state index in [4.69, 9.17) is 15.2 Å². The molecular weight excluding hydrogens is 230 g/mol. The number of hydrogen-bond acceptors (Lipinski definition) is 4. The average molecular weight is 251 g/mol.